The molecule has 4 aromatic rings. The van der Waals surface area contributed by atoms with Gasteiger partial charge in [0.25, 0.3) is 5.91 Å². The van der Waals surface area contributed by atoms with Gasteiger partial charge in [0.05, 0.1) is 12.3 Å². The molecule has 230 valence electrons. The number of carbonyl (C=O) groups excluding carboxylic acids is 1. The number of hydrogen-bond acceptors (Lipinski definition) is 4. The number of pyridine rings is 1. The number of amides is 1. The smallest absolute Gasteiger partial charge is 0.326 e. The molecule has 0 aliphatic rings. The molecule has 6 nitrogen and oxygen atoms in total. The van der Waals surface area contributed by atoms with Crippen LogP contribution < -0.4 is 10.1 Å². The van der Waals surface area contributed by atoms with Gasteiger partial charge in [-0.25, -0.2) is 4.79 Å². The van der Waals surface area contributed by atoms with Crippen molar-refractivity contribution in [2.75, 3.05) is 6.61 Å². The highest BCUT2D eigenvalue weighted by Gasteiger charge is 2.22. The number of carboxylic acid groups (broad SMARTS) is 1. The van der Waals surface area contributed by atoms with E-state index in [1.54, 1.807) is 12.1 Å². The summed E-state index contributed by atoms with van der Waals surface area (Å²) in [6.07, 6.45) is 8.11. The van der Waals surface area contributed by atoms with Gasteiger partial charge in [-0.1, -0.05) is 95.8 Å². The number of unbranched alkanes of at least 4 members (excludes halogenated alkanes) is 4. The van der Waals surface area contributed by atoms with Crippen molar-refractivity contribution in [1.29, 1.82) is 0 Å². The van der Waals surface area contributed by atoms with Crippen molar-refractivity contribution < 1.29 is 19.4 Å². The highest BCUT2D eigenvalue weighted by Crippen LogP contribution is 2.25. The van der Waals surface area contributed by atoms with Crippen LogP contribution in [-0.4, -0.2) is 34.6 Å². The lowest BCUT2D eigenvalue weighted by Gasteiger charge is -2.19. The minimum Gasteiger partial charge on any atom is -0.494 e. The highest BCUT2D eigenvalue weighted by molar-refractivity contribution is 5.96. The number of nitrogens with zero attached hydrogens (tertiary/aromatic N) is 1. The average Bonchev–Trinajstić information content (AvgIpc) is 3.03. The number of rotatable bonds is 14. The Labute approximate surface area is 261 Å². The molecule has 44 heavy (non-hydrogen) atoms. The summed E-state index contributed by atoms with van der Waals surface area (Å²) >= 11 is 0. The van der Waals surface area contributed by atoms with E-state index in [0.29, 0.717) is 5.56 Å². The van der Waals surface area contributed by atoms with Crippen molar-refractivity contribution in [3.63, 3.8) is 0 Å². The van der Waals surface area contributed by atoms with E-state index in [1.165, 1.54) is 25.7 Å². The molecule has 0 unspecified atom stereocenters. The van der Waals surface area contributed by atoms with Crippen molar-refractivity contribution >= 4 is 11.9 Å². The first kappa shape index (κ1) is 32.5. The van der Waals surface area contributed by atoms with Gasteiger partial charge in [-0.15, -0.1) is 0 Å². The predicted octanol–water partition coefficient (Wildman–Crippen LogP) is 8.49. The third-order valence-electron chi connectivity index (χ3n) is 7.77. The van der Waals surface area contributed by atoms with Crippen molar-refractivity contribution in [3.8, 4) is 28.1 Å². The largest absolute Gasteiger partial charge is 0.494 e. The van der Waals surface area contributed by atoms with E-state index in [2.05, 4.69) is 38.0 Å². The zero-order chi connectivity index (χ0) is 31.5. The zero-order valence-electron chi connectivity index (χ0n) is 26.3. The summed E-state index contributed by atoms with van der Waals surface area (Å²) in [4.78, 5) is 29.4. The molecule has 6 heteroatoms. The normalized spacial score (nSPS) is 12.0. The van der Waals surface area contributed by atoms with E-state index in [4.69, 9.17) is 4.74 Å². The number of hydrogen-bond donors (Lipinski definition) is 2. The standard InChI is InChI=1S/C38H44N2O4/c1-5-6-7-8-9-24-44-33-21-16-29(17-22-33)34-23-18-31(26-39-34)28-12-10-27(11-13-28)25-35(37(42)43)40-36(41)30-14-19-32(20-15-30)38(2,3)4/h10-23,26,35H,5-9,24-25H2,1-4H3,(H,40,41)(H,42,43)/t35-/m0/s1. The molecule has 1 amide bonds. The summed E-state index contributed by atoms with van der Waals surface area (Å²) in [7, 11) is 0. The molecule has 0 fully saturated rings. The van der Waals surface area contributed by atoms with Crippen LogP contribution in [0.3, 0.4) is 0 Å². The Morgan fingerprint density at radius 3 is 2.02 bits per heavy atom. The van der Waals surface area contributed by atoms with Gasteiger partial charge in [-0.05, 0) is 71.0 Å². The van der Waals surface area contributed by atoms with Crippen molar-refractivity contribution in [2.45, 2.75) is 77.7 Å². The minimum atomic E-state index is -1.07. The molecule has 3 aromatic carbocycles. The van der Waals surface area contributed by atoms with Crippen molar-refractivity contribution in [2.24, 2.45) is 0 Å². The fourth-order valence-electron chi connectivity index (χ4n) is 4.99. The number of ether oxygens (including phenoxy) is 1. The third-order valence-corrected chi connectivity index (χ3v) is 7.77. The Balaban J connectivity index is 1.32. The maximum absolute atomic E-state index is 12.8. The van der Waals surface area contributed by atoms with Crippen molar-refractivity contribution in [1.82, 2.24) is 10.3 Å². The molecular formula is C38H44N2O4. The van der Waals surface area contributed by atoms with Gasteiger partial charge in [0.15, 0.2) is 0 Å². The van der Waals surface area contributed by atoms with Crippen molar-refractivity contribution in [3.05, 3.63) is 108 Å². The van der Waals surface area contributed by atoms with Gasteiger partial charge >= 0.3 is 5.97 Å². The predicted molar refractivity (Wildman–Crippen MR) is 177 cm³/mol. The van der Waals surface area contributed by atoms with Crippen LogP contribution in [0.2, 0.25) is 0 Å². The number of benzene rings is 3. The van der Waals surface area contributed by atoms with E-state index in [-0.39, 0.29) is 11.8 Å². The van der Waals surface area contributed by atoms with E-state index < -0.39 is 17.9 Å². The van der Waals surface area contributed by atoms with Gasteiger partial charge in [0.2, 0.25) is 0 Å². The number of carbonyl (C=O) groups is 2. The van der Waals surface area contributed by atoms with Crippen LogP contribution in [0.25, 0.3) is 22.4 Å². The van der Waals surface area contributed by atoms with E-state index in [9.17, 15) is 14.7 Å². The maximum Gasteiger partial charge on any atom is 0.326 e. The summed E-state index contributed by atoms with van der Waals surface area (Å²) in [5, 5.41) is 12.5. The lowest BCUT2D eigenvalue weighted by molar-refractivity contribution is -0.139. The van der Waals surface area contributed by atoms with Gasteiger partial charge < -0.3 is 15.2 Å². The molecule has 1 atom stereocenters. The fourth-order valence-corrected chi connectivity index (χ4v) is 4.99. The topological polar surface area (TPSA) is 88.5 Å². The fraction of sp³-hybridized carbons (Fsp3) is 0.342. The molecule has 0 saturated carbocycles. The summed E-state index contributed by atoms with van der Waals surface area (Å²) in [6.45, 7) is 9.27. The number of aliphatic carboxylic acids is 1. The van der Waals surface area contributed by atoms with Crippen LogP contribution in [0.15, 0.2) is 91.1 Å². The molecule has 0 radical (unpaired) electrons. The van der Waals surface area contributed by atoms with Crippen LogP contribution in [0.1, 0.15) is 81.3 Å². The average molecular weight is 593 g/mol. The number of nitrogens with one attached hydrogen (secondary N) is 1. The molecule has 0 aliphatic heterocycles. The summed E-state index contributed by atoms with van der Waals surface area (Å²) in [6, 6.07) is 26.0. The van der Waals surface area contributed by atoms with E-state index >= 15 is 0 Å². The first-order valence-electron chi connectivity index (χ1n) is 15.6. The van der Waals surface area contributed by atoms with Crippen LogP contribution in [0.4, 0.5) is 0 Å². The SMILES string of the molecule is CCCCCCCOc1ccc(-c2ccc(-c3ccc(C[C@H](NC(=O)c4ccc(C(C)(C)C)cc4)C(=O)O)cc3)cn2)cc1. The molecule has 0 aliphatic carbocycles. The first-order valence-corrected chi connectivity index (χ1v) is 15.6. The van der Waals surface area contributed by atoms with Crippen LogP contribution in [-0.2, 0) is 16.6 Å². The lowest BCUT2D eigenvalue weighted by atomic mass is 9.86. The Kier molecular flexibility index (Phi) is 11.3. The van der Waals surface area contributed by atoms with Crippen LogP contribution in [0.5, 0.6) is 5.75 Å². The van der Waals surface area contributed by atoms with Crippen LogP contribution >= 0.6 is 0 Å². The van der Waals surface area contributed by atoms with E-state index in [1.807, 2.05) is 79.0 Å². The lowest BCUT2D eigenvalue weighted by Crippen LogP contribution is -2.42. The van der Waals surface area contributed by atoms with Gasteiger partial charge in [0.1, 0.15) is 11.8 Å². The van der Waals surface area contributed by atoms with Crippen LogP contribution in [0, 0.1) is 0 Å². The van der Waals surface area contributed by atoms with Gasteiger partial charge in [-0.2, -0.15) is 0 Å². The Bertz CT molecular complexity index is 1490. The maximum atomic E-state index is 12.8. The summed E-state index contributed by atoms with van der Waals surface area (Å²) in [5.74, 6) is -0.600. The Morgan fingerprint density at radius 2 is 1.43 bits per heavy atom. The van der Waals surface area contributed by atoms with Gasteiger partial charge in [-0.3, -0.25) is 9.78 Å². The Morgan fingerprint density at radius 1 is 0.795 bits per heavy atom. The monoisotopic (exact) mass is 592 g/mol. The number of carboxylic acids is 1. The molecule has 2 N–H and O–H groups in total. The quantitative estimate of drug-likeness (QED) is 0.143. The molecule has 1 aromatic heterocycles. The molecule has 0 saturated heterocycles. The number of aromatic nitrogens is 1. The third kappa shape index (κ3) is 9.27. The highest BCUT2D eigenvalue weighted by atomic mass is 16.5. The van der Waals surface area contributed by atoms with Gasteiger partial charge in [0, 0.05) is 29.3 Å². The molecule has 0 bridgehead atoms. The minimum absolute atomic E-state index is 0.0302. The molecule has 4 rings (SSSR count). The Hall–Kier alpha value is -4.45. The summed E-state index contributed by atoms with van der Waals surface area (Å²) < 4.78 is 5.88. The second-order valence-corrected chi connectivity index (χ2v) is 12.3. The second-order valence-electron chi connectivity index (χ2n) is 12.3. The first-order chi connectivity index (χ1) is 21.1. The molecular weight excluding hydrogens is 548 g/mol. The molecule has 0 spiro atoms. The summed E-state index contributed by atoms with van der Waals surface area (Å²) in [5.41, 5.74) is 6.17. The zero-order valence-corrected chi connectivity index (χ0v) is 26.3. The second kappa shape index (κ2) is 15.3. The molecule has 1 heterocycles. The van der Waals surface area contributed by atoms with E-state index in [0.717, 1.165) is 52.3 Å².